The molecule has 3 nitrogen and oxygen atoms in total. The fraction of sp³-hybridized carbons (Fsp3) is 0.321. The van der Waals surface area contributed by atoms with E-state index in [9.17, 15) is 4.79 Å². The summed E-state index contributed by atoms with van der Waals surface area (Å²) in [6.07, 6.45) is 4.65. The highest BCUT2D eigenvalue weighted by Gasteiger charge is 2.27. The molecule has 4 rings (SSSR count). The summed E-state index contributed by atoms with van der Waals surface area (Å²) in [6.45, 7) is 0.720. The molecule has 32 heavy (non-hydrogen) atoms. The average molecular weight is 447 g/mol. The third kappa shape index (κ3) is 5.59. The Balaban J connectivity index is 1.59. The number of hydrogen-bond acceptors (Lipinski definition) is 2. The molecule has 3 N–H and O–H groups in total. The summed E-state index contributed by atoms with van der Waals surface area (Å²) < 4.78 is 0. The number of halogens is 1. The Morgan fingerprint density at radius 1 is 0.938 bits per heavy atom. The molecule has 0 bridgehead atoms. The minimum atomic E-state index is -0.114. The molecule has 1 aliphatic carbocycles. The second-order valence-electron chi connectivity index (χ2n) is 8.81. The molecule has 0 radical (unpaired) electrons. The van der Waals surface area contributed by atoms with Gasteiger partial charge in [-0.05, 0) is 73.4 Å². The largest absolute Gasteiger partial charge is 0.349 e. The van der Waals surface area contributed by atoms with Crippen LogP contribution in [0.1, 0.15) is 42.9 Å². The number of carbonyl (C=O) groups is 1. The first-order valence-electron chi connectivity index (χ1n) is 11.5. The summed E-state index contributed by atoms with van der Waals surface area (Å²) in [5.74, 6) is 0.776. The Morgan fingerprint density at radius 3 is 2.25 bits per heavy atom. The number of nitrogens with two attached hydrogens (primary N) is 1. The SMILES string of the molecule is NCC1CCC(C(=O)NC(Cc2ccccc2)c2ccc(Cl)c(-c3ccccc3)c2)CC1. The molecule has 3 aromatic rings. The molecule has 166 valence electrons. The number of amides is 1. The third-order valence-electron chi connectivity index (χ3n) is 6.63. The number of carbonyl (C=O) groups excluding carboxylic acids is 1. The van der Waals surface area contributed by atoms with Crippen molar-refractivity contribution in [1.82, 2.24) is 5.32 Å². The predicted octanol–water partition coefficient (Wildman–Crippen LogP) is 6.17. The van der Waals surface area contributed by atoms with Gasteiger partial charge in [-0.3, -0.25) is 4.79 Å². The van der Waals surface area contributed by atoms with E-state index >= 15 is 0 Å². The van der Waals surface area contributed by atoms with E-state index in [1.165, 1.54) is 5.56 Å². The van der Waals surface area contributed by atoms with Crippen molar-refractivity contribution in [3.63, 3.8) is 0 Å². The summed E-state index contributed by atoms with van der Waals surface area (Å²) in [7, 11) is 0. The van der Waals surface area contributed by atoms with Gasteiger partial charge in [-0.2, -0.15) is 0 Å². The lowest BCUT2D eigenvalue weighted by Crippen LogP contribution is -2.37. The molecule has 0 saturated heterocycles. The van der Waals surface area contributed by atoms with Crippen LogP contribution < -0.4 is 11.1 Å². The second-order valence-corrected chi connectivity index (χ2v) is 9.22. The molecular formula is C28H31ClN2O. The summed E-state index contributed by atoms with van der Waals surface area (Å²) in [5.41, 5.74) is 10.2. The van der Waals surface area contributed by atoms with Crippen molar-refractivity contribution in [2.24, 2.45) is 17.6 Å². The molecule has 3 aromatic carbocycles. The minimum Gasteiger partial charge on any atom is -0.349 e. The van der Waals surface area contributed by atoms with Gasteiger partial charge in [0.15, 0.2) is 0 Å². The van der Waals surface area contributed by atoms with Gasteiger partial charge in [0, 0.05) is 16.5 Å². The standard InChI is InChI=1S/C28H31ClN2O/c29-26-16-15-24(18-25(26)22-9-5-2-6-10-22)27(17-20-7-3-1-4-8-20)31-28(32)23-13-11-21(19-30)12-14-23/h1-10,15-16,18,21,23,27H,11-14,17,19,30H2,(H,31,32). The Bertz CT molecular complexity index is 1010. The maximum atomic E-state index is 13.2. The number of benzene rings is 3. The molecule has 4 heteroatoms. The van der Waals surface area contributed by atoms with E-state index in [2.05, 4.69) is 35.6 Å². The second kappa shape index (κ2) is 10.8. The molecule has 1 atom stereocenters. The smallest absolute Gasteiger partial charge is 0.223 e. The van der Waals surface area contributed by atoms with Crippen molar-refractivity contribution in [3.05, 3.63) is 95.0 Å². The molecular weight excluding hydrogens is 416 g/mol. The van der Waals surface area contributed by atoms with Gasteiger partial charge in [0.1, 0.15) is 0 Å². The van der Waals surface area contributed by atoms with E-state index in [0.29, 0.717) is 10.9 Å². The van der Waals surface area contributed by atoms with Crippen LogP contribution in [0, 0.1) is 11.8 Å². The lowest BCUT2D eigenvalue weighted by atomic mass is 9.81. The number of nitrogens with one attached hydrogen (secondary N) is 1. The van der Waals surface area contributed by atoms with Crippen molar-refractivity contribution in [2.75, 3.05) is 6.54 Å². The van der Waals surface area contributed by atoms with E-state index in [-0.39, 0.29) is 17.9 Å². The molecule has 1 aliphatic rings. The van der Waals surface area contributed by atoms with Crippen molar-refractivity contribution in [2.45, 2.75) is 38.1 Å². The molecule has 1 fully saturated rings. The number of hydrogen-bond donors (Lipinski definition) is 2. The molecule has 0 heterocycles. The van der Waals surface area contributed by atoms with Gasteiger partial charge in [-0.25, -0.2) is 0 Å². The van der Waals surface area contributed by atoms with Gasteiger partial charge in [0.05, 0.1) is 6.04 Å². The quantitative estimate of drug-likeness (QED) is 0.455. The van der Waals surface area contributed by atoms with Crippen LogP contribution in [-0.2, 0) is 11.2 Å². The highest BCUT2D eigenvalue weighted by Crippen LogP contribution is 2.33. The van der Waals surface area contributed by atoms with Crippen molar-refractivity contribution in [1.29, 1.82) is 0 Å². The maximum absolute atomic E-state index is 13.2. The van der Waals surface area contributed by atoms with Crippen molar-refractivity contribution >= 4 is 17.5 Å². The van der Waals surface area contributed by atoms with Crippen LogP contribution in [0.15, 0.2) is 78.9 Å². The molecule has 0 aliphatic heterocycles. The molecule has 0 spiro atoms. The molecule has 1 amide bonds. The highest BCUT2D eigenvalue weighted by atomic mass is 35.5. The summed E-state index contributed by atoms with van der Waals surface area (Å²) in [5, 5.41) is 4.08. The Labute approximate surface area is 196 Å². The van der Waals surface area contributed by atoms with Crippen LogP contribution in [0.5, 0.6) is 0 Å². The maximum Gasteiger partial charge on any atom is 0.223 e. The summed E-state index contributed by atoms with van der Waals surface area (Å²) >= 11 is 6.55. The highest BCUT2D eigenvalue weighted by molar-refractivity contribution is 6.33. The summed E-state index contributed by atoms with van der Waals surface area (Å²) in [4.78, 5) is 13.2. The normalized spacial score (nSPS) is 19.3. The Hall–Kier alpha value is -2.62. The zero-order valence-corrected chi connectivity index (χ0v) is 19.1. The van der Waals surface area contributed by atoms with Gasteiger partial charge >= 0.3 is 0 Å². The monoisotopic (exact) mass is 446 g/mol. The summed E-state index contributed by atoms with van der Waals surface area (Å²) in [6, 6.07) is 26.5. The molecule has 0 aromatic heterocycles. The number of rotatable bonds is 7. The van der Waals surface area contributed by atoms with Crippen LogP contribution >= 0.6 is 11.6 Å². The van der Waals surface area contributed by atoms with Gasteiger partial charge in [0.2, 0.25) is 5.91 Å². The first kappa shape index (κ1) is 22.6. The third-order valence-corrected chi connectivity index (χ3v) is 6.96. The van der Waals surface area contributed by atoms with E-state index in [1.807, 2.05) is 48.5 Å². The van der Waals surface area contributed by atoms with Gasteiger partial charge in [0.25, 0.3) is 0 Å². The zero-order valence-electron chi connectivity index (χ0n) is 18.3. The molecule has 1 saturated carbocycles. The minimum absolute atomic E-state index is 0.0666. The van der Waals surface area contributed by atoms with E-state index in [4.69, 9.17) is 17.3 Å². The first-order valence-corrected chi connectivity index (χ1v) is 11.9. The van der Waals surface area contributed by atoms with Gasteiger partial charge < -0.3 is 11.1 Å². The lowest BCUT2D eigenvalue weighted by molar-refractivity contribution is -0.127. The Kier molecular flexibility index (Phi) is 7.62. The van der Waals surface area contributed by atoms with Gasteiger partial charge in [-0.15, -0.1) is 0 Å². The first-order chi connectivity index (χ1) is 15.6. The van der Waals surface area contributed by atoms with E-state index in [1.54, 1.807) is 0 Å². The van der Waals surface area contributed by atoms with Gasteiger partial charge in [-0.1, -0.05) is 78.3 Å². The molecule has 1 unspecified atom stereocenters. The van der Waals surface area contributed by atoms with Crippen LogP contribution in [0.25, 0.3) is 11.1 Å². The van der Waals surface area contributed by atoms with Crippen LogP contribution in [0.4, 0.5) is 0 Å². The van der Waals surface area contributed by atoms with Crippen molar-refractivity contribution < 1.29 is 4.79 Å². The average Bonchev–Trinajstić information content (AvgIpc) is 2.85. The van der Waals surface area contributed by atoms with E-state index < -0.39 is 0 Å². The fourth-order valence-electron chi connectivity index (χ4n) is 4.65. The fourth-order valence-corrected chi connectivity index (χ4v) is 4.88. The van der Waals surface area contributed by atoms with Crippen LogP contribution in [0.2, 0.25) is 5.02 Å². The Morgan fingerprint density at radius 2 is 1.59 bits per heavy atom. The topological polar surface area (TPSA) is 55.1 Å². The van der Waals surface area contributed by atoms with Crippen molar-refractivity contribution in [3.8, 4) is 11.1 Å². The zero-order chi connectivity index (χ0) is 22.3. The lowest BCUT2D eigenvalue weighted by Gasteiger charge is -2.29. The van der Waals surface area contributed by atoms with E-state index in [0.717, 1.165) is 55.3 Å². The van der Waals surface area contributed by atoms with Crippen LogP contribution in [0.3, 0.4) is 0 Å². The van der Waals surface area contributed by atoms with Crippen LogP contribution in [-0.4, -0.2) is 12.5 Å². The predicted molar refractivity (Wildman–Crippen MR) is 132 cm³/mol.